The predicted molar refractivity (Wildman–Crippen MR) is 138 cm³/mol. The van der Waals surface area contributed by atoms with Gasteiger partial charge in [-0.1, -0.05) is 24.1 Å². The van der Waals surface area contributed by atoms with Gasteiger partial charge in [0.05, 0.1) is 11.5 Å². The van der Waals surface area contributed by atoms with Crippen LogP contribution in [0, 0.1) is 6.92 Å². The third-order valence-electron chi connectivity index (χ3n) is 6.78. The van der Waals surface area contributed by atoms with Gasteiger partial charge in [0, 0.05) is 31.4 Å². The van der Waals surface area contributed by atoms with E-state index < -0.39 is 14.7 Å². The number of anilines is 1. The maximum Gasteiger partial charge on any atom is 0.278 e. The van der Waals surface area contributed by atoms with Crippen molar-refractivity contribution in [3.8, 4) is 5.75 Å². The zero-order valence-electron chi connectivity index (χ0n) is 19.6. The molecule has 34 heavy (non-hydrogen) atoms. The molecule has 1 fully saturated rings. The molecule has 0 spiro atoms. The van der Waals surface area contributed by atoms with E-state index in [2.05, 4.69) is 18.1 Å². The molecule has 0 aromatic heterocycles. The summed E-state index contributed by atoms with van der Waals surface area (Å²) in [7, 11) is -3.58. The van der Waals surface area contributed by atoms with E-state index in [1.807, 2.05) is 43.5 Å². The van der Waals surface area contributed by atoms with E-state index in [9.17, 15) is 13.2 Å². The van der Waals surface area contributed by atoms with E-state index in [1.54, 1.807) is 16.1 Å². The van der Waals surface area contributed by atoms with Crippen LogP contribution < -0.4 is 10.1 Å². The summed E-state index contributed by atoms with van der Waals surface area (Å²) in [4.78, 5) is 10.8. The molecule has 8 heteroatoms. The summed E-state index contributed by atoms with van der Waals surface area (Å²) >= 11 is 4.68. The molecule has 0 radical (unpaired) electrons. The van der Waals surface area contributed by atoms with Crippen molar-refractivity contribution in [2.75, 3.05) is 11.9 Å². The summed E-state index contributed by atoms with van der Waals surface area (Å²) in [5, 5.41) is 2.87. The normalized spacial score (nSPS) is 18.2. The van der Waals surface area contributed by atoms with E-state index >= 15 is 0 Å². The molecule has 1 saturated carbocycles. The van der Waals surface area contributed by atoms with Crippen molar-refractivity contribution in [1.82, 2.24) is 0 Å². The fourth-order valence-electron chi connectivity index (χ4n) is 4.76. The van der Waals surface area contributed by atoms with Gasteiger partial charge in [0.2, 0.25) is 15.7 Å². The van der Waals surface area contributed by atoms with Gasteiger partial charge >= 0.3 is 0 Å². The molecule has 1 amide bonds. The molecule has 1 N–H and O–H groups in total. The van der Waals surface area contributed by atoms with E-state index in [1.165, 1.54) is 0 Å². The van der Waals surface area contributed by atoms with Crippen LogP contribution in [0.5, 0.6) is 5.75 Å². The van der Waals surface area contributed by atoms with Crippen LogP contribution in [0.2, 0.25) is 0 Å². The molecular weight excluding hydrogens is 468 g/mol. The lowest BCUT2D eigenvalue weighted by molar-refractivity contribution is -0.419. The number of thiol groups is 1. The van der Waals surface area contributed by atoms with Crippen molar-refractivity contribution < 1.29 is 21.9 Å². The Morgan fingerprint density at radius 3 is 2.56 bits per heavy atom. The van der Waals surface area contributed by atoms with Crippen molar-refractivity contribution in [3.63, 3.8) is 0 Å². The molecule has 4 rings (SSSR count). The highest BCUT2D eigenvalue weighted by Gasteiger charge is 2.54. The number of unbranched alkanes of at least 4 members (excludes halogenated alkanes) is 1. The lowest BCUT2D eigenvalue weighted by atomic mass is 9.95. The summed E-state index contributed by atoms with van der Waals surface area (Å²) in [5.74, 6) is 0.830. The largest absolute Gasteiger partial charge is 0.494 e. The van der Waals surface area contributed by atoms with E-state index in [-0.39, 0.29) is 5.91 Å². The number of ether oxygens (including phenoxy) is 1. The van der Waals surface area contributed by atoms with Crippen LogP contribution in [-0.2, 0) is 21.1 Å². The second-order valence-electron chi connectivity index (χ2n) is 9.21. The zero-order valence-corrected chi connectivity index (χ0v) is 21.3. The summed E-state index contributed by atoms with van der Waals surface area (Å²) < 4.78 is 35.0. The first-order valence-electron chi connectivity index (χ1n) is 12.0. The average Bonchev–Trinajstić information content (AvgIpc) is 2.84. The Morgan fingerprint density at radius 2 is 1.82 bits per heavy atom. The van der Waals surface area contributed by atoms with Gasteiger partial charge in [0.25, 0.3) is 4.87 Å². The topological polar surface area (TPSA) is 75.5 Å². The average molecular weight is 502 g/mol. The monoisotopic (exact) mass is 501 g/mol. The minimum Gasteiger partial charge on any atom is -0.494 e. The molecule has 6 nitrogen and oxygen atoms in total. The van der Waals surface area contributed by atoms with Crippen molar-refractivity contribution >= 4 is 40.5 Å². The summed E-state index contributed by atoms with van der Waals surface area (Å²) in [6.07, 6.45) is 8.46. The minimum atomic E-state index is -3.58. The molecule has 2 aromatic rings. The first-order chi connectivity index (χ1) is 16.3. The third-order valence-corrected chi connectivity index (χ3v) is 9.95. The van der Waals surface area contributed by atoms with Crippen LogP contribution in [0.4, 0.5) is 5.69 Å². The first kappa shape index (κ1) is 24.8. The van der Waals surface area contributed by atoms with Crippen LogP contribution in [0.15, 0.2) is 47.4 Å². The van der Waals surface area contributed by atoms with Crippen molar-refractivity contribution in [2.45, 2.75) is 74.5 Å². The van der Waals surface area contributed by atoms with Crippen LogP contribution in [0.1, 0.15) is 62.5 Å². The highest BCUT2D eigenvalue weighted by atomic mass is 32.2. The van der Waals surface area contributed by atoms with Gasteiger partial charge in [-0.25, -0.2) is 8.42 Å². The molecule has 1 aliphatic heterocycles. The lowest BCUT2D eigenvalue weighted by Gasteiger charge is -2.31. The predicted octanol–water partition coefficient (Wildman–Crippen LogP) is 5.10. The Hall–Kier alpha value is -2.32. The Kier molecular flexibility index (Phi) is 7.67. The molecule has 0 bridgehead atoms. The fourth-order valence-corrected chi connectivity index (χ4v) is 7.48. The number of nitrogens with zero attached hydrogens (tertiary/aromatic N) is 1. The summed E-state index contributed by atoms with van der Waals surface area (Å²) in [5.41, 5.74) is 2.98. The number of fused-ring (bicyclic) bond motifs is 1. The summed E-state index contributed by atoms with van der Waals surface area (Å²) in [6, 6.07) is 12.8. The molecule has 2 aromatic carbocycles. The molecule has 0 saturated heterocycles. The molecule has 1 heterocycles. The van der Waals surface area contributed by atoms with Crippen LogP contribution >= 0.6 is 12.8 Å². The molecular formula is C26H33N2O4S2+. The maximum atomic E-state index is 13.7. The standard InChI is InChI=1S/C26H32N2O4S2/c1-20-7-11-23(12-8-20)34(30,31)26(15-3-2-4-16-26)28(33)17-5-6-18-32-22-10-13-24-21(19-22)9-14-25(29)27-24/h7-8,10-13,17,19H,2-6,9,14-16,18H2,1H3,(H-,27,29,33)/p+1. The van der Waals surface area contributed by atoms with Gasteiger partial charge < -0.3 is 10.1 Å². The zero-order chi connectivity index (χ0) is 24.2. The number of sulfone groups is 1. The van der Waals surface area contributed by atoms with Crippen molar-refractivity contribution in [3.05, 3.63) is 53.6 Å². The van der Waals surface area contributed by atoms with Crippen molar-refractivity contribution in [1.29, 1.82) is 0 Å². The van der Waals surface area contributed by atoms with Gasteiger partial charge in [-0.3, -0.25) is 4.79 Å². The Balaban J connectivity index is 1.40. The highest BCUT2D eigenvalue weighted by molar-refractivity contribution is 7.93. The SMILES string of the molecule is Cc1ccc(S(=O)(=O)C2([N+](S)=CCCCOc3ccc4c(c3)CCC(=O)N4)CCCCC2)cc1. The summed E-state index contributed by atoms with van der Waals surface area (Å²) in [6.45, 7) is 2.47. The van der Waals surface area contributed by atoms with E-state index in [0.29, 0.717) is 37.2 Å². The van der Waals surface area contributed by atoms with E-state index in [0.717, 1.165) is 54.7 Å². The van der Waals surface area contributed by atoms with Gasteiger partial charge in [-0.05, 0) is 68.5 Å². The quantitative estimate of drug-likeness (QED) is 0.228. The lowest BCUT2D eigenvalue weighted by Crippen LogP contribution is -2.47. The van der Waals surface area contributed by atoms with E-state index in [4.69, 9.17) is 4.74 Å². The number of carbonyl (C=O) groups excluding carboxylic acids is 1. The number of aryl methyl sites for hydroxylation is 2. The number of carbonyl (C=O) groups is 1. The van der Waals surface area contributed by atoms with Crippen LogP contribution in [-0.4, -0.2) is 36.0 Å². The van der Waals surface area contributed by atoms with Gasteiger partial charge in [0.1, 0.15) is 18.6 Å². The number of amides is 1. The number of benzene rings is 2. The fraction of sp³-hybridized carbons (Fsp3) is 0.462. The first-order valence-corrected chi connectivity index (χ1v) is 13.9. The molecule has 1 aliphatic carbocycles. The number of hydrogen-bond donors (Lipinski definition) is 2. The van der Waals surface area contributed by atoms with Crippen molar-refractivity contribution in [2.24, 2.45) is 0 Å². The van der Waals surface area contributed by atoms with Crippen LogP contribution in [0.25, 0.3) is 0 Å². The van der Waals surface area contributed by atoms with Crippen LogP contribution in [0.3, 0.4) is 0 Å². The number of nitrogens with one attached hydrogen (secondary N) is 1. The van der Waals surface area contributed by atoms with Gasteiger partial charge in [-0.15, -0.1) is 0 Å². The smallest absolute Gasteiger partial charge is 0.278 e. The minimum absolute atomic E-state index is 0.0492. The number of rotatable bonds is 8. The molecule has 0 atom stereocenters. The Morgan fingerprint density at radius 1 is 1.09 bits per heavy atom. The molecule has 0 unspecified atom stereocenters. The molecule has 2 aliphatic rings. The third kappa shape index (κ3) is 5.18. The highest BCUT2D eigenvalue weighted by Crippen LogP contribution is 2.40. The second-order valence-corrected chi connectivity index (χ2v) is 11.9. The number of hydrogen-bond acceptors (Lipinski definition) is 5. The van der Waals surface area contributed by atoms with Gasteiger partial charge in [0.15, 0.2) is 6.21 Å². The maximum absolute atomic E-state index is 13.7. The van der Waals surface area contributed by atoms with Gasteiger partial charge in [-0.2, -0.15) is 3.98 Å². The Labute approximate surface area is 207 Å². The Bertz CT molecular complexity index is 1170. The second kappa shape index (κ2) is 10.5. The molecule has 182 valence electrons.